The lowest BCUT2D eigenvalue weighted by Gasteiger charge is -2.29. The Hall–Kier alpha value is -2.93. The summed E-state index contributed by atoms with van der Waals surface area (Å²) in [6.07, 6.45) is 4.24. The number of rotatable bonds is 6. The van der Waals surface area contributed by atoms with E-state index in [1.807, 2.05) is 42.5 Å². The van der Waals surface area contributed by atoms with Gasteiger partial charge in [-0.1, -0.05) is 6.07 Å². The maximum absolute atomic E-state index is 12.6. The molecule has 2 amide bonds. The second-order valence-electron chi connectivity index (χ2n) is 8.13. The van der Waals surface area contributed by atoms with E-state index in [0.29, 0.717) is 18.8 Å². The Labute approximate surface area is 177 Å². The van der Waals surface area contributed by atoms with Crippen molar-refractivity contribution < 1.29 is 14.3 Å². The third-order valence-corrected chi connectivity index (χ3v) is 5.75. The van der Waals surface area contributed by atoms with Gasteiger partial charge in [0.1, 0.15) is 11.9 Å². The van der Waals surface area contributed by atoms with Crippen LogP contribution in [0.25, 0.3) is 0 Å². The summed E-state index contributed by atoms with van der Waals surface area (Å²) in [5.74, 6) is 0.329. The van der Waals surface area contributed by atoms with Crippen molar-refractivity contribution in [1.82, 2.24) is 14.8 Å². The topological polar surface area (TPSA) is 74.8 Å². The monoisotopic (exact) mass is 408 g/mol. The molecule has 2 saturated heterocycles. The van der Waals surface area contributed by atoms with Crippen LogP contribution in [0.5, 0.6) is 5.75 Å². The SMILES string of the molecule is CN1CCC(Oc2ccc(NC(=O)C3CC(=O)N(Cc4ccccn4)C3)cc2)CC1. The number of benzene rings is 1. The number of nitrogens with one attached hydrogen (secondary N) is 1. The lowest BCUT2D eigenvalue weighted by Crippen LogP contribution is -2.35. The van der Waals surface area contributed by atoms with Crippen molar-refractivity contribution in [1.29, 1.82) is 0 Å². The molecule has 1 aromatic carbocycles. The molecule has 158 valence electrons. The highest BCUT2D eigenvalue weighted by Crippen LogP contribution is 2.24. The zero-order valence-electron chi connectivity index (χ0n) is 17.3. The summed E-state index contributed by atoms with van der Waals surface area (Å²) in [6.45, 7) is 2.96. The van der Waals surface area contributed by atoms with Gasteiger partial charge in [0, 0.05) is 37.9 Å². The predicted octanol–water partition coefficient (Wildman–Crippen LogP) is 2.54. The number of amides is 2. The molecule has 7 heteroatoms. The highest BCUT2D eigenvalue weighted by molar-refractivity contribution is 5.97. The normalized spacial score (nSPS) is 20.4. The molecule has 1 unspecified atom stereocenters. The fraction of sp³-hybridized carbons (Fsp3) is 0.435. The molecule has 0 spiro atoms. The van der Waals surface area contributed by atoms with Crippen LogP contribution in [0.3, 0.4) is 0 Å². The number of carbonyl (C=O) groups excluding carboxylic acids is 2. The van der Waals surface area contributed by atoms with Gasteiger partial charge in [-0.05, 0) is 56.3 Å². The van der Waals surface area contributed by atoms with E-state index >= 15 is 0 Å². The van der Waals surface area contributed by atoms with Crippen molar-refractivity contribution in [3.05, 3.63) is 54.4 Å². The number of hydrogen-bond donors (Lipinski definition) is 1. The summed E-state index contributed by atoms with van der Waals surface area (Å²) in [4.78, 5) is 33.2. The van der Waals surface area contributed by atoms with Crippen LogP contribution >= 0.6 is 0 Å². The van der Waals surface area contributed by atoms with E-state index in [4.69, 9.17) is 4.74 Å². The van der Waals surface area contributed by atoms with Crippen LogP contribution in [-0.4, -0.2) is 59.4 Å². The number of pyridine rings is 1. The average Bonchev–Trinajstić information content (AvgIpc) is 3.12. The zero-order chi connectivity index (χ0) is 20.9. The van der Waals surface area contributed by atoms with Gasteiger partial charge in [-0.2, -0.15) is 0 Å². The first kappa shape index (κ1) is 20.3. The lowest BCUT2D eigenvalue weighted by molar-refractivity contribution is -0.128. The molecule has 1 N–H and O–H groups in total. The molecule has 2 aliphatic heterocycles. The molecule has 1 aromatic heterocycles. The van der Waals surface area contributed by atoms with Crippen LogP contribution < -0.4 is 10.1 Å². The molecule has 1 atom stereocenters. The van der Waals surface area contributed by atoms with Gasteiger partial charge in [0.2, 0.25) is 11.8 Å². The van der Waals surface area contributed by atoms with E-state index in [0.717, 1.165) is 37.4 Å². The summed E-state index contributed by atoms with van der Waals surface area (Å²) < 4.78 is 6.05. The molecule has 2 aromatic rings. The van der Waals surface area contributed by atoms with Gasteiger partial charge in [-0.3, -0.25) is 14.6 Å². The summed E-state index contributed by atoms with van der Waals surface area (Å²) in [5.41, 5.74) is 1.54. The third kappa shape index (κ3) is 5.16. The molecule has 7 nitrogen and oxygen atoms in total. The Bertz CT molecular complexity index is 864. The van der Waals surface area contributed by atoms with Gasteiger partial charge in [0.25, 0.3) is 0 Å². The number of nitrogens with zero attached hydrogens (tertiary/aromatic N) is 3. The minimum atomic E-state index is -0.351. The molecular formula is C23H28N4O3. The van der Waals surface area contributed by atoms with E-state index in [-0.39, 0.29) is 30.3 Å². The minimum Gasteiger partial charge on any atom is -0.490 e. The maximum Gasteiger partial charge on any atom is 0.229 e. The summed E-state index contributed by atoms with van der Waals surface area (Å²) in [6, 6.07) is 13.1. The third-order valence-electron chi connectivity index (χ3n) is 5.75. The highest BCUT2D eigenvalue weighted by Gasteiger charge is 2.34. The Kier molecular flexibility index (Phi) is 6.28. The van der Waals surface area contributed by atoms with Gasteiger partial charge in [0.15, 0.2) is 0 Å². The molecule has 30 heavy (non-hydrogen) atoms. The molecule has 0 saturated carbocycles. The smallest absolute Gasteiger partial charge is 0.229 e. The van der Waals surface area contributed by atoms with Crippen LogP contribution in [-0.2, 0) is 16.1 Å². The van der Waals surface area contributed by atoms with Gasteiger partial charge in [0.05, 0.1) is 18.2 Å². The van der Waals surface area contributed by atoms with Crippen molar-refractivity contribution in [2.45, 2.75) is 31.9 Å². The van der Waals surface area contributed by atoms with Crippen LogP contribution in [0.2, 0.25) is 0 Å². The lowest BCUT2D eigenvalue weighted by atomic mass is 10.1. The van der Waals surface area contributed by atoms with Crippen LogP contribution in [0.4, 0.5) is 5.69 Å². The van der Waals surface area contributed by atoms with Crippen LogP contribution in [0, 0.1) is 5.92 Å². The summed E-state index contributed by atoms with van der Waals surface area (Å²) >= 11 is 0. The minimum absolute atomic E-state index is 0.0114. The molecule has 0 radical (unpaired) electrons. The fourth-order valence-electron chi connectivity index (χ4n) is 3.94. The molecule has 4 rings (SSSR count). The Balaban J connectivity index is 1.28. The van der Waals surface area contributed by atoms with Gasteiger partial charge in [-0.15, -0.1) is 0 Å². The number of piperidine rings is 1. The molecule has 0 bridgehead atoms. The first-order chi connectivity index (χ1) is 14.6. The average molecular weight is 409 g/mol. The number of anilines is 1. The largest absolute Gasteiger partial charge is 0.490 e. The Morgan fingerprint density at radius 1 is 1.17 bits per heavy atom. The van der Waals surface area contributed by atoms with E-state index < -0.39 is 0 Å². The summed E-state index contributed by atoms with van der Waals surface area (Å²) in [7, 11) is 2.13. The van der Waals surface area contributed by atoms with Crippen LogP contribution in [0.1, 0.15) is 25.0 Å². The van der Waals surface area contributed by atoms with Gasteiger partial charge < -0.3 is 19.9 Å². The highest BCUT2D eigenvalue weighted by atomic mass is 16.5. The van der Waals surface area contributed by atoms with E-state index in [2.05, 4.69) is 22.2 Å². The molecular weight excluding hydrogens is 380 g/mol. The van der Waals surface area contributed by atoms with E-state index in [9.17, 15) is 9.59 Å². The first-order valence-corrected chi connectivity index (χ1v) is 10.5. The van der Waals surface area contributed by atoms with Crippen LogP contribution in [0.15, 0.2) is 48.7 Å². The summed E-state index contributed by atoms with van der Waals surface area (Å²) in [5, 5.41) is 2.93. The van der Waals surface area contributed by atoms with Crippen molar-refractivity contribution >= 4 is 17.5 Å². The number of aromatic nitrogens is 1. The number of carbonyl (C=O) groups is 2. The van der Waals surface area contributed by atoms with Gasteiger partial charge in [-0.25, -0.2) is 0 Å². The van der Waals surface area contributed by atoms with E-state index in [1.165, 1.54) is 0 Å². The second-order valence-corrected chi connectivity index (χ2v) is 8.13. The van der Waals surface area contributed by atoms with Crippen molar-refractivity contribution in [3.63, 3.8) is 0 Å². The number of likely N-dealkylation sites (tertiary alicyclic amines) is 2. The van der Waals surface area contributed by atoms with Crippen molar-refractivity contribution in [2.75, 3.05) is 32.0 Å². The predicted molar refractivity (Wildman–Crippen MR) is 114 cm³/mol. The molecule has 2 fully saturated rings. The Morgan fingerprint density at radius 2 is 1.93 bits per heavy atom. The molecule has 2 aliphatic rings. The fourth-order valence-corrected chi connectivity index (χ4v) is 3.94. The zero-order valence-corrected chi connectivity index (χ0v) is 17.3. The van der Waals surface area contributed by atoms with Crippen molar-refractivity contribution in [3.8, 4) is 5.75 Å². The van der Waals surface area contributed by atoms with E-state index in [1.54, 1.807) is 11.1 Å². The Morgan fingerprint density at radius 3 is 2.63 bits per heavy atom. The standard InChI is InChI=1S/C23H28N4O3/c1-26-12-9-21(10-13-26)30-20-7-5-18(6-8-20)25-23(29)17-14-22(28)27(15-17)16-19-4-2-3-11-24-19/h2-8,11,17,21H,9-10,12-16H2,1H3,(H,25,29). The number of ether oxygens (including phenoxy) is 1. The molecule has 3 heterocycles. The molecule has 0 aliphatic carbocycles. The van der Waals surface area contributed by atoms with Gasteiger partial charge >= 0.3 is 0 Å². The quantitative estimate of drug-likeness (QED) is 0.795. The van der Waals surface area contributed by atoms with Crippen molar-refractivity contribution in [2.24, 2.45) is 5.92 Å². The first-order valence-electron chi connectivity index (χ1n) is 10.5. The maximum atomic E-state index is 12.6. The number of hydrogen-bond acceptors (Lipinski definition) is 5. The second kappa shape index (κ2) is 9.26.